The third-order valence-corrected chi connectivity index (χ3v) is 4.97. The molecular weight excluding hydrogens is 385 g/mol. The Bertz CT molecular complexity index is 510. The van der Waals surface area contributed by atoms with Gasteiger partial charge in [0.2, 0.25) is 0 Å². The van der Waals surface area contributed by atoms with Crippen molar-refractivity contribution in [2.45, 2.75) is 58.0 Å². The lowest BCUT2D eigenvalue weighted by molar-refractivity contribution is -0.0318. The number of hydrogen-bond donors (Lipinski definition) is 0. The molecule has 0 atom stereocenters. The summed E-state index contributed by atoms with van der Waals surface area (Å²) in [5.74, 6) is 0. The summed E-state index contributed by atoms with van der Waals surface area (Å²) in [5.41, 5.74) is 0.957. The summed E-state index contributed by atoms with van der Waals surface area (Å²) in [6.45, 7) is 8.94. The fourth-order valence-corrected chi connectivity index (χ4v) is 3.86. The van der Waals surface area contributed by atoms with Gasteiger partial charge >= 0.3 is 0 Å². The molecule has 110 valence electrons. The van der Waals surface area contributed by atoms with E-state index in [-0.39, 0.29) is 11.1 Å². The lowest BCUT2D eigenvalue weighted by Crippen LogP contribution is -2.55. The molecule has 0 bridgehead atoms. The van der Waals surface area contributed by atoms with E-state index in [9.17, 15) is 0 Å². The van der Waals surface area contributed by atoms with Crippen molar-refractivity contribution < 1.29 is 0 Å². The molecule has 0 aromatic heterocycles. The number of nitrogens with zero attached hydrogens (tertiary/aromatic N) is 3. The van der Waals surface area contributed by atoms with Gasteiger partial charge in [0.15, 0.2) is 0 Å². The Morgan fingerprint density at radius 3 is 2.30 bits per heavy atom. The molecule has 0 unspecified atom stereocenters. The smallest absolute Gasteiger partial charge is 0.101 e. The van der Waals surface area contributed by atoms with Crippen LogP contribution in [-0.4, -0.2) is 16.1 Å². The molecule has 20 heavy (non-hydrogen) atoms. The predicted molar refractivity (Wildman–Crippen MR) is 92.5 cm³/mol. The highest BCUT2D eigenvalue weighted by Crippen LogP contribution is 2.39. The molecule has 0 N–H and O–H groups in total. The Hall–Kier alpha value is -0.360. The SMILES string of the molecule is CC1(C)CCCC(C)(C)N1N=Nc1ccc(Cl)cc1I. The van der Waals surface area contributed by atoms with Gasteiger partial charge in [-0.25, -0.2) is 0 Å². The zero-order valence-corrected chi connectivity index (χ0v) is 15.4. The van der Waals surface area contributed by atoms with Gasteiger partial charge in [-0.2, -0.15) is 0 Å². The quantitative estimate of drug-likeness (QED) is 0.439. The molecule has 1 aromatic carbocycles. The molecule has 1 aliphatic rings. The minimum atomic E-state index is 0.0448. The summed E-state index contributed by atoms with van der Waals surface area (Å²) in [4.78, 5) is 0. The first-order valence-corrected chi connectivity index (χ1v) is 8.35. The van der Waals surface area contributed by atoms with Crippen LogP contribution in [0.3, 0.4) is 0 Å². The van der Waals surface area contributed by atoms with Gasteiger partial charge in [0.25, 0.3) is 0 Å². The second-order valence-corrected chi connectivity index (χ2v) is 8.17. The Morgan fingerprint density at radius 2 is 1.75 bits per heavy atom. The molecule has 0 aliphatic carbocycles. The number of hydrogen-bond acceptors (Lipinski definition) is 2. The Morgan fingerprint density at radius 1 is 1.15 bits per heavy atom. The van der Waals surface area contributed by atoms with Crippen LogP contribution in [0, 0.1) is 3.57 Å². The van der Waals surface area contributed by atoms with Gasteiger partial charge in [-0.05, 0) is 87.7 Å². The topological polar surface area (TPSA) is 28.0 Å². The van der Waals surface area contributed by atoms with Crippen LogP contribution in [0.4, 0.5) is 5.69 Å². The molecule has 5 heteroatoms. The first-order chi connectivity index (χ1) is 9.22. The standard InChI is InChI=1S/C15H21ClIN3/c1-14(2)8-5-9-15(3,4)20(14)19-18-13-7-6-11(16)10-12(13)17/h6-7,10H,5,8-9H2,1-4H3. The normalized spacial score (nSPS) is 21.4. The number of benzene rings is 1. The van der Waals surface area contributed by atoms with Crippen molar-refractivity contribution in [3.63, 3.8) is 0 Å². The molecule has 1 heterocycles. The van der Waals surface area contributed by atoms with Crippen LogP contribution in [0.15, 0.2) is 28.5 Å². The molecule has 1 fully saturated rings. The van der Waals surface area contributed by atoms with Crippen LogP contribution in [0.1, 0.15) is 47.0 Å². The van der Waals surface area contributed by atoms with Crippen LogP contribution < -0.4 is 0 Å². The van der Waals surface area contributed by atoms with Crippen LogP contribution in [0.25, 0.3) is 0 Å². The fraction of sp³-hybridized carbons (Fsp3) is 0.600. The molecule has 2 rings (SSSR count). The van der Waals surface area contributed by atoms with Crippen molar-refractivity contribution in [1.82, 2.24) is 5.01 Å². The average molecular weight is 406 g/mol. The van der Waals surface area contributed by atoms with E-state index in [2.05, 4.69) is 65.6 Å². The van der Waals surface area contributed by atoms with E-state index in [4.69, 9.17) is 11.6 Å². The lowest BCUT2D eigenvalue weighted by atomic mass is 9.82. The molecule has 1 aliphatic heterocycles. The summed E-state index contributed by atoms with van der Waals surface area (Å²) in [5, 5.41) is 11.9. The minimum Gasteiger partial charge on any atom is -0.267 e. The van der Waals surface area contributed by atoms with E-state index in [1.165, 1.54) is 6.42 Å². The lowest BCUT2D eigenvalue weighted by Gasteiger charge is -2.50. The average Bonchev–Trinajstić information content (AvgIpc) is 2.29. The Balaban J connectivity index is 2.28. The van der Waals surface area contributed by atoms with Crippen LogP contribution >= 0.6 is 34.2 Å². The third kappa shape index (κ3) is 3.45. The summed E-state index contributed by atoms with van der Waals surface area (Å²) in [7, 11) is 0. The zero-order chi connectivity index (χ0) is 15.0. The zero-order valence-electron chi connectivity index (χ0n) is 12.5. The van der Waals surface area contributed by atoms with Gasteiger partial charge in [-0.15, -0.1) is 5.11 Å². The molecule has 1 saturated heterocycles. The van der Waals surface area contributed by atoms with Crippen LogP contribution in [-0.2, 0) is 0 Å². The highest BCUT2D eigenvalue weighted by Gasteiger charge is 2.41. The van der Waals surface area contributed by atoms with Crippen molar-refractivity contribution in [1.29, 1.82) is 0 Å². The van der Waals surface area contributed by atoms with Gasteiger partial charge in [0.05, 0.1) is 11.1 Å². The monoisotopic (exact) mass is 405 g/mol. The Kier molecular flexibility index (Phi) is 4.64. The van der Waals surface area contributed by atoms with E-state index in [0.717, 1.165) is 27.1 Å². The third-order valence-electron chi connectivity index (χ3n) is 3.88. The summed E-state index contributed by atoms with van der Waals surface area (Å²) in [6, 6.07) is 5.67. The molecule has 0 spiro atoms. The first kappa shape index (κ1) is 16.0. The highest BCUT2D eigenvalue weighted by atomic mass is 127. The highest BCUT2D eigenvalue weighted by molar-refractivity contribution is 14.1. The van der Waals surface area contributed by atoms with E-state index >= 15 is 0 Å². The van der Waals surface area contributed by atoms with Crippen LogP contribution in [0.5, 0.6) is 0 Å². The van der Waals surface area contributed by atoms with E-state index in [1.807, 2.05) is 18.2 Å². The van der Waals surface area contributed by atoms with Gasteiger partial charge < -0.3 is 0 Å². The van der Waals surface area contributed by atoms with E-state index in [0.29, 0.717) is 0 Å². The Labute approximate surface area is 139 Å². The fourth-order valence-electron chi connectivity index (χ4n) is 2.88. The van der Waals surface area contributed by atoms with Crippen molar-refractivity contribution in [2.24, 2.45) is 10.3 Å². The number of piperidine rings is 1. The second kappa shape index (κ2) is 5.79. The molecule has 1 aromatic rings. The first-order valence-electron chi connectivity index (χ1n) is 6.89. The molecule has 0 amide bonds. The number of halogens is 2. The van der Waals surface area contributed by atoms with E-state index < -0.39 is 0 Å². The summed E-state index contributed by atoms with van der Waals surface area (Å²) < 4.78 is 1.02. The van der Waals surface area contributed by atoms with Gasteiger partial charge in [0.1, 0.15) is 5.69 Å². The molecular formula is C15H21ClIN3. The minimum absolute atomic E-state index is 0.0448. The molecule has 0 radical (unpaired) electrons. The van der Waals surface area contributed by atoms with Crippen molar-refractivity contribution in [3.8, 4) is 0 Å². The van der Waals surface area contributed by atoms with Crippen LogP contribution in [0.2, 0.25) is 5.02 Å². The molecule has 0 saturated carbocycles. The van der Waals surface area contributed by atoms with Gasteiger partial charge in [-0.3, -0.25) is 5.01 Å². The van der Waals surface area contributed by atoms with Crippen molar-refractivity contribution in [3.05, 3.63) is 26.8 Å². The summed E-state index contributed by atoms with van der Waals surface area (Å²) in [6.07, 6.45) is 3.53. The van der Waals surface area contributed by atoms with Gasteiger partial charge in [-0.1, -0.05) is 16.8 Å². The molecule has 3 nitrogen and oxygen atoms in total. The van der Waals surface area contributed by atoms with Gasteiger partial charge in [0, 0.05) is 8.59 Å². The number of rotatable bonds is 2. The second-order valence-electron chi connectivity index (χ2n) is 6.58. The van der Waals surface area contributed by atoms with Crippen molar-refractivity contribution >= 4 is 39.9 Å². The van der Waals surface area contributed by atoms with E-state index in [1.54, 1.807) is 0 Å². The maximum Gasteiger partial charge on any atom is 0.101 e. The predicted octanol–water partition coefficient (Wildman–Crippen LogP) is 5.99. The maximum absolute atomic E-state index is 5.97. The van der Waals surface area contributed by atoms with Crippen molar-refractivity contribution in [2.75, 3.05) is 0 Å². The maximum atomic E-state index is 5.97. The summed E-state index contributed by atoms with van der Waals surface area (Å²) >= 11 is 8.21. The largest absolute Gasteiger partial charge is 0.267 e.